The fourth-order valence-electron chi connectivity index (χ4n) is 4.11. The lowest BCUT2D eigenvalue weighted by molar-refractivity contribution is -0.121. The normalized spacial score (nSPS) is 12.9. The van der Waals surface area contributed by atoms with Gasteiger partial charge < -0.3 is 25.0 Å². The number of benzene rings is 3. The van der Waals surface area contributed by atoms with Gasteiger partial charge in [-0.05, 0) is 75.2 Å². The summed E-state index contributed by atoms with van der Waals surface area (Å²) in [5.41, 5.74) is 4.62. The molecule has 4 rings (SSSR count). The van der Waals surface area contributed by atoms with Crippen LogP contribution in [-0.4, -0.2) is 31.7 Å². The largest absolute Gasteiger partial charge is 0.492 e. The smallest absolute Gasteiger partial charge is 0.319 e. The summed E-state index contributed by atoms with van der Waals surface area (Å²) in [6, 6.07) is 20.6. The zero-order valence-electron chi connectivity index (χ0n) is 21.8. The van der Waals surface area contributed by atoms with Gasteiger partial charge in [-0.1, -0.05) is 48.0 Å². The summed E-state index contributed by atoms with van der Waals surface area (Å²) >= 11 is 0. The molecule has 3 amide bonds. The second-order valence-electron chi connectivity index (χ2n) is 9.74. The molecular formula is C30H33N3O4. The number of fused-ring (bicyclic) bond motifs is 1. The number of hydrogen-bond donors (Lipinski definition) is 2. The Hall–Kier alpha value is -4.26. The van der Waals surface area contributed by atoms with Gasteiger partial charge in [0.05, 0.1) is 17.8 Å². The van der Waals surface area contributed by atoms with Crippen LogP contribution in [0.1, 0.15) is 37.5 Å². The molecule has 7 nitrogen and oxygen atoms in total. The Balaban J connectivity index is 1.43. The average Bonchev–Trinajstić information content (AvgIpc) is 2.86. The molecule has 0 bridgehead atoms. The van der Waals surface area contributed by atoms with Crippen LogP contribution < -0.4 is 25.0 Å². The minimum atomic E-state index is -0.623. The molecule has 37 heavy (non-hydrogen) atoms. The predicted octanol–water partition coefficient (Wildman–Crippen LogP) is 5.89. The fraction of sp³-hybridized carbons (Fsp3) is 0.267. The molecule has 1 aliphatic rings. The maximum atomic E-state index is 12.9. The van der Waals surface area contributed by atoms with E-state index in [1.807, 2.05) is 76.2 Å². The summed E-state index contributed by atoms with van der Waals surface area (Å²) in [6.07, 6.45) is 0. The number of nitrogens with one attached hydrogen (secondary N) is 2. The molecule has 2 N–H and O–H groups in total. The summed E-state index contributed by atoms with van der Waals surface area (Å²) in [6.45, 7) is 12.5. The van der Waals surface area contributed by atoms with Crippen LogP contribution in [0.15, 0.2) is 73.3 Å². The lowest BCUT2D eigenvalue weighted by Gasteiger charge is -2.30. The van der Waals surface area contributed by atoms with E-state index in [9.17, 15) is 9.59 Å². The number of hydrogen-bond acceptors (Lipinski definition) is 4. The van der Waals surface area contributed by atoms with E-state index in [-0.39, 0.29) is 18.5 Å². The number of amides is 3. The average molecular weight is 500 g/mol. The van der Waals surface area contributed by atoms with Crippen molar-refractivity contribution in [3.8, 4) is 11.5 Å². The van der Waals surface area contributed by atoms with Crippen molar-refractivity contribution in [1.29, 1.82) is 0 Å². The Labute approximate surface area is 218 Å². The first-order valence-corrected chi connectivity index (χ1v) is 12.2. The number of rotatable bonds is 8. The van der Waals surface area contributed by atoms with E-state index in [1.165, 1.54) is 0 Å². The van der Waals surface area contributed by atoms with Crippen LogP contribution in [0.2, 0.25) is 0 Å². The molecule has 0 spiro atoms. The Morgan fingerprint density at radius 3 is 2.59 bits per heavy atom. The van der Waals surface area contributed by atoms with Crippen molar-refractivity contribution in [2.75, 3.05) is 30.0 Å². The quantitative estimate of drug-likeness (QED) is 0.405. The Morgan fingerprint density at radius 2 is 1.86 bits per heavy atom. The Morgan fingerprint density at radius 1 is 1.11 bits per heavy atom. The van der Waals surface area contributed by atoms with Crippen LogP contribution in [0.4, 0.5) is 16.2 Å². The van der Waals surface area contributed by atoms with Crippen LogP contribution in [0.25, 0.3) is 5.57 Å². The van der Waals surface area contributed by atoms with Gasteiger partial charge in [0.25, 0.3) is 5.91 Å². The molecule has 192 valence electrons. The highest BCUT2D eigenvalue weighted by Gasteiger charge is 2.27. The minimum absolute atomic E-state index is 0.0395. The molecule has 0 saturated heterocycles. The molecule has 3 aromatic carbocycles. The zero-order chi connectivity index (χ0) is 26.6. The maximum absolute atomic E-state index is 12.9. The number of aryl methyl sites for hydroxylation is 1. The van der Waals surface area contributed by atoms with Crippen molar-refractivity contribution < 1.29 is 19.1 Å². The van der Waals surface area contributed by atoms with Gasteiger partial charge in [0.1, 0.15) is 18.1 Å². The summed E-state index contributed by atoms with van der Waals surface area (Å²) in [7, 11) is 0. The maximum Gasteiger partial charge on any atom is 0.319 e. The van der Waals surface area contributed by atoms with Gasteiger partial charge >= 0.3 is 6.03 Å². The third-order valence-corrected chi connectivity index (χ3v) is 6.27. The summed E-state index contributed by atoms with van der Waals surface area (Å²) < 4.78 is 11.4. The molecule has 0 radical (unpaired) electrons. The van der Waals surface area contributed by atoms with Crippen LogP contribution in [-0.2, 0) is 10.3 Å². The molecule has 0 saturated carbocycles. The van der Waals surface area contributed by atoms with E-state index < -0.39 is 5.54 Å². The predicted molar refractivity (Wildman–Crippen MR) is 147 cm³/mol. The first kappa shape index (κ1) is 25.8. The van der Waals surface area contributed by atoms with E-state index in [2.05, 4.69) is 17.2 Å². The topological polar surface area (TPSA) is 79.9 Å². The molecule has 0 aliphatic carbocycles. The van der Waals surface area contributed by atoms with E-state index in [1.54, 1.807) is 23.1 Å². The number of carbonyl (C=O) groups is 2. The highest BCUT2D eigenvalue weighted by Crippen LogP contribution is 2.34. The lowest BCUT2D eigenvalue weighted by Crippen LogP contribution is -2.43. The van der Waals surface area contributed by atoms with Crippen LogP contribution in [0.5, 0.6) is 11.5 Å². The van der Waals surface area contributed by atoms with Crippen molar-refractivity contribution >= 4 is 28.9 Å². The first-order chi connectivity index (χ1) is 17.6. The lowest BCUT2D eigenvalue weighted by atomic mass is 9.92. The van der Waals surface area contributed by atoms with Gasteiger partial charge in [0, 0.05) is 5.69 Å². The van der Waals surface area contributed by atoms with Gasteiger partial charge in [-0.25, -0.2) is 4.79 Å². The van der Waals surface area contributed by atoms with Crippen molar-refractivity contribution in [2.45, 2.75) is 33.2 Å². The molecule has 0 unspecified atom stereocenters. The molecule has 1 heterocycles. The Bertz CT molecular complexity index is 1310. The number of anilines is 2. The van der Waals surface area contributed by atoms with Crippen molar-refractivity contribution in [3.05, 3.63) is 90.0 Å². The minimum Gasteiger partial charge on any atom is -0.492 e. The van der Waals surface area contributed by atoms with Gasteiger partial charge in [0.2, 0.25) is 0 Å². The number of urea groups is 1. The van der Waals surface area contributed by atoms with Gasteiger partial charge in [-0.15, -0.1) is 0 Å². The van der Waals surface area contributed by atoms with E-state index in [4.69, 9.17) is 9.47 Å². The van der Waals surface area contributed by atoms with Gasteiger partial charge in [-0.2, -0.15) is 0 Å². The van der Waals surface area contributed by atoms with Crippen LogP contribution in [0, 0.1) is 6.92 Å². The number of nitrogens with zero attached hydrogens (tertiary/aromatic N) is 1. The van der Waals surface area contributed by atoms with E-state index >= 15 is 0 Å². The van der Waals surface area contributed by atoms with Crippen LogP contribution >= 0.6 is 0 Å². The first-order valence-electron chi connectivity index (χ1n) is 12.2. The molecule has 1 aliphatic heterocycles. The molecular weight excluding hydrogens is 466 g/mol. The number of allylic oxidation sites excluding steroid dienone is 1. The number of ether oxygens (including phenoxy) is 2. The van der Waals surface area contributed by atoms with Crippen molar-refractivity contribution in [3.63, 3.8) is 0 Å². The standard InChI is InChI=1S/C30H33N3O4/c1-20(2)22-7-6-8-23(17-22)30(4,5)32-29(35)31-24-11-14-27-26(18-24)33(28(34)19-37-27)15-16-36-25-12-9-21(3)10-13-25/h6-14,17-18H,1,15-16,19H2,2-5H3,(H2,31,32,35). The molecule has 0 atom stereocenters. The molecule has 3 aromatic rings. The van der Waals surface area contributed by atoms with Gasteiger partial charge in [0.15, 0.2) is 6.61 Å². The summed E-state index contributed by atoms with van der Waals surface area (Å²) in [4.78, 5) is 27.2. The third-order valence-electron chi connectivity index (χ3n) is 6.27. The molecule has 0 fully saturated rings. The monoisotopic (exact) mass is 499 g/mol. The fourth-order valence-corrected chi connectivity index (χ4v) is 4.11. The van der Waals surface area contributed by atoms with Gasteiger partial charge in [-0.3, -0.25) is 4.79 Å². The number of carbonyl (C=O) groups excluding carboxylic acids is 2. The highest BCUT2D eigenvalue weighted by atomic mass is 16.5. The van der Waals surface area contributed by atoms with E-state index in [0.717, 1.165) is 28.0 Å². The summed E-state index contributed by atoms with van der Waals surface area (Å²) in [5.74, 6) is 1.16. The van der Waals surface area contributed by atoms with Crippen molar-refractivity contribution in [1.82, 2.24) is 5.32 Å². The zero-order valence-corrected chi connectivity index (χ0v) is 21.8. The van der Waals surface area contributed by atoms with E-state index in [0.29, 0.717) is 30.3 Å². The second-order valence-corrected chi connectivity index (χ2v) is 9.74. The highest BCUT2D eigenvalue weighted by molar-refractivity contribution is 5.99. The van der Waals surface area contributed by atoms with Crippen molar-refractivity contribution in [2.24, 2.45) is 0 Å². The Kier molecular flexibility index (Phi) is 7.53. The summed E-state index contributed by atoms with van der Waals surface area (Å²) in [5, 5.41) is 5.92. The van der Waals surface area contributed by atoms with Crippen LogP contribution in [0.3, 0.4) is 0 Å². The molecule has 7 heteroatoms. The third kappa shape index (κ3) is 6.30. The second kappa shape index (κ2) is 10.8. The SMILES string of the molecule is C=C(C)c1cccc(C(C)(C)NC(=O)Nc2ccc3c(c2)N(CCOc2ccc(C)cc2)C(=O)CO3)c1. The molecule has 0 aromatic heterocycles.